The van der Waals surface area contributed by atoms with E-state index in [0.717, 1.165) is 0 Å². The fourth-order valence-corrected chi connectivity index (χ4v) is 3.09. The lowest BCUT2D eigenvalue weighted by molar-refractivity contribution is 0.105. The fourth-order valence-electron chi connectivity index (χ4n) is 1.64. The first-order valence-corrected chi connectivity index (χ1v) is 7.90. The molecule has 20 heavy (non-hydrogen) atoms. The minimum atomic E-state index is -3.81. The molecule has 0 radical (unpaired) electrons. The Kier molecular flexibility index (Phi) is 5.94. The van der Waals surface area contributed by atoms with E-state index in [1.165, 1.54) is 12.1 Å². The summed E-state index contributed by atoms with van der Waals surface area (Å²) in [5.74, 6) is 0.581. The van der Waals surface area contributed by atoms with Gasteiger partial charge in [0.05, 0.1) is 30.3 Å². The van der Waals surface area contributed by atoms with Crippen molar-refractivity contribution < 1.29 is 23.4 Å². The molecule has 6 nitrogen and oxygen atoms in total. The summed E-state index contributed by atoms with van der Waals surface area (Å²) in [6.07, 6.45) is 0.274. The standard InChI is InChI=1S/C13H21NO5S/c1-3-13(9-15,10-16)14-20(17,18)12-7-5-11(6-8-12)19-4-2/h5-8,14-16H,3-4,9-10H2,1-2H3. The van der Waals surface area contributed by atoms with Crippen molar-refractivity contribution in [2.45, 2.75) is 30.7 Å². The third kappa shape index (κ3) is 3.92. The number of rotatable bonds is 8. The Labute approximate surface area is 119 Å². The molecule has 0 aliphatic heterocycles. The average Bonchev–Trinajstić information content (AvgIpc) is 2.46. The van der Waals surface area contributed by atoms with E-state index in [1.54, 1.807) is 19.1 Å². The molecule has 0 saturated carbocycles. The van der Waals surface area contributed by atoms with Gasteiger partial charge in [0.15, 0.2) is 0 Å². The van der Waals surface area contributed by atoms with Gasteiger partial charge in [-0.25, -0.2) is 13.1 Å². The fraction of sp³-hybridized carbons (Fsp3) is 0.538. The van der Waals surface area contributed by atoms with Gasteiger partial charge in [0.1, 0.15) is 5.75 Å². The second-order valence-electron chi connectivity index (χ2n) is 4.46. The second kappa shape index (κ2) is 7.03. The highest BCUT2D eigenvalue weighted by Crippen LogP contribution is 2.19. The van der Waals surface area contributed by atoms with Crippen LogP contribution in [0, 0.1) is 0 Å². The number of aliphatic hydroxyl groups excluding tert-OH is 2. The average molecular weight is 303 g/mol. The quantitative estimate of drug-likeness (QED) is 0.650. The largest absolute Gasteiger partial charge is 0.494 e. The van der Waals surface area contributed by atoms with Crippen molar-refractivity contribution >= 4 is 10.0 Å². The van der Waals surface area contributed by atoms with Crippen LogP contribution in [0.2, 0.25) is 0 Å². The molecule has 0 fully saturated rings. The number of nitrogens with one attached hydrogen (secondary N) is 1. The molecule has 0 aromatic heterocycles. The van der Waals surface area contributed by atoms with Crippen LogP contribution in [0.15, 0.2) is 29.2 Å². The van der Waals surface area contributed by atoms with E-state index in [1.807, 2.05) is 6.92 Å². The maximum atomic E-state index is 12.2. The van der Waals surface area contributed by atoms with Crippen molar-refractivity contribution in [1.82, 2.24) is 4.72 Å². The zero-order valence-electron chi connectivity index (χ0n) is 11.7. The van der Waals surface area contributed by atoms with Crippen LogP contribution in [0.3, 0.4) is 0 Å². The SMILES string of the molecule is CCOc1ccc(S(=O)(=O)NC(CC)(CO)CO)cc1. The zero-order chi connectivity index (χ0) is 15.2. The Bertz CT molecular complexity index is 500. The Hall–Kier alpha value is -1.15. The number of benzene rings is 1. The Balaban J connectivity index is 2.98. The molecule has 1 rings (SSSR count). The number of hydrogen-bond acceptors (Lipinski definition) is 5. The molecule has 114 valence electrons. The third-order valence-corrected chi connectivity index (χ3v) is 4.67. The number of hydrogen-bond donors (Lipinski definition) is 3. The van der Waals surface area contributed by atoms with Gasteiger partial charge < -0.3 is 14.9 Å². The van der Waals surface area contributed by atoms with Crippen LogP contribution in [0.25, 0.3) is 0 Å². The summed E-state index contributed by atoms with van der Waals surface area (Å²) in [7, 11) is -3.81. The van der Waals surface area contributed by atoms with Crippen molar-refractivity contribution in [3.63, 3.8) is 0 Å². The Morgan fingerprint density at radius 2 is 1.70 bits per heavy atom. The van der Waals surface area contributed by atoms with Gasteiger partial charge in [-0.2, -0.15) is 0 Å². The molecule has 0 heterocycles. The van der Waals surface area contributed by atoms with Crippen LogP contribution in [-0.2, 0) is 10.0 Å². The van der Waals surface area contributed by atoms with E-state index < -0.39 is 28.8 Å². The van der Waals surface area contributed by atoms with E-state index in [-0.39, 0.29) is 11.3 Å². The van der Waals surface area contributed by atoms with Gasteiger partial charge in [-0.3, -0.25) is 0 Å². The smallest absolute Gasteiger partial charge is 0.241 e. The van der Waals surface area contributed by atoms with Gasteiger partial charge >= 0.3 is 0 Å². The molecular weight excluding hydrogens is 282 g/mol. The Morgan fingerprint density at radius 3 is 2.10 bits per heavy atom. The molecule has 1 aromatic carbocycles. The predicted molar refractivity (Wildman–Crippen MR) is 75.1 cm³/mol. The lowest BCUT2D eigenvalue weighted by Crippen LogP contribution is -2.53. The Morgan fingerprint density at radius 1 is 1.15 bits per heavy atom. The summed E-state index contributed by atoms with van der Waals surface area (Å²) in [6, 6.07) is 5.96. The lowest BCUT2D eigenvalue weighted by atomic mass is 10.0. The van der Waals surface area contributed by atoms with Crippen molar-refractivity contribution in [2.75, 3.05) is 19.8 Å². The van der Waals surface area contributed by atoms with Crippen molar-refractivity contribution in [3.8, 4) is 5.75 Å². The van der Waals surface area contributed by atoms with E-state index in [9.17, 15) is 18.6 Å². The predicted octanol–water partition coefficient (Wildman–Crippen LogP) is 0.497. The van der Waals surface area contributed by atoms with Gasteiger partial charge in [0.2, 0.25) is 10.0 Å². The van der Waals surface area contributed by atoms with Crippen molar-refractivity contribution in [2.24, 2.45) is 0 Å². The summed E-state index contributed by atoms with van der Waals surface area (Å²) in [4.78, 5) is 0.0562. The first-order valence-electron chi connectivity index (χ1n) is 6.41. The van der Waals surface area contributed by atoms with Crippen LogP contribution in [0.5, 0.6) is 5.75 Å². The molecule has 0 bridgehead atoms. The molecule has 1 aromatic rings. The molecule has 0 unspecified atom stereocenters. The first kappa shape index (κ1) is 16.9. The van der Waals surface area contributed by atoms with E-state index in [4.69, 9.17) is 4.74 Å². The van der Waals surface area contributed by atoms with E-state index in [0.29, 0.717) is 12.4 Å². The van der Waals surface area contributed by atoms with Gasteiger partial charge in [-0.05, 0) is 37.6 Å². The summed E-state index contributed by atoms with van der Waals surface area (Å²) in [5.41, 5.74) is -1.25. The maximum Gasteiger partial charge on any atom is 0.241 e. The highest BCUT2D eigenvalue weighted by atomic mass is 32.2. The zero-order valence-corrected chi connectivity index (χ0v) is 12.5. The topological polar surface area (TPSA) is 95.9 Å². The summed E-state index contributed by atoms with van der Waals surface area (Å²) >= 11 is 0. The van der Waals surface area contributed by atoms with Crippen molar-refractivity contribution in [1.29, 1.82) is 0 Å². The van der Waals surface area contributed by atoms with Crippen LogP contribution in [0.1, 0.15) is 20.3 Å². The molecule has 0 amide bonds. The number of aliphatic hydroxyl groups is 2. The van der Waals surface area contributed by atoms with Crippen molar-refractivity contribution in [3.05, 3.63) is 24.3 Å². The van der Waals surface area contributed by atoms with Crippen LogP contribution >= 0.6 is 0 Å². The first-order chi connectivity index (χ1) is 9.43. The second-order valence-corrected chi connectivity index (χ2v) is 6.14. The normalized spacial score (nSPS) is 12.4. The summed E-state index contributed by atoms with van der Waals surface area (Å²) < 4.78 is 32.0. The van der Waals surface area contributed by atoms with Crippen LogP contribution < -0.4 is 9.46 Å². The molecule has 7 heteroatoms. The number of ether oxygens (including phenoxy) is 1. The molecule has 0 aliphatic carbocycles. The third-order valence-electron chi connectivity index (χ3n) is 3.08. The summed E-state index contributed by atoms with van der Waals surface area (Å²) in [6.45, 7) is 3.07. The minimum absolute atomic E-state index is 0.0562. The molecular formula is C13H21NO5S. The van der Waals surface area contributed by atoms with Gasteiger partial charge in [0, 0.05) is 0 Å². The molecule has 0 atom stereocenters. The van der Waals surface area contributed by atoms with Crippen LogP contribution in [0.4, 0.5) is 0 Å². The summed E-state index contributed by atoms with van der Waals surface area (Å²) in [5, 5.41) is 18.6. The lowest BCUT2D eigenvalue weighted by Gasteiger charge is -2.29. The number of sulfonamides is 1. The maximum absolute atomic E-state index is 12.2. The van der Waals surface area contributed by atoms with E-state index >= 15 is 0 Å². The molecule has 0 saturated heterocycles. The monoisotopic (exact) mass is 303 g/mol. The molecule has 3 N–H and O–H groups in total. The van der Waals surface area contributed by atoms with Gasteiger partial charge in [-0.15, -0.1) is 0 Å². The molecule has 0 spiro atoms. The highest BCUT2D eigenvalue weighted by molar-refractivity contribution is 7.89. The minimum Gasteiger partial charge on any atom is -0.494 e. The van der Waals surface area contributed by atoms with E-state index in [2.05, 4.69) is 4.72 Å². The highest BCUT2D eigenvalue weighted by Gasteiger charge is 2.32. The van der Waals surface area contributed by atoms with Gasteiger partial charge in [0.25, 0.3) is 0 Å². The van der Waals surface area contributed by atoms with Gasteiger partial charge in [-0.1, -0.05) is 6.92 Å². The van der Waals surface area contributed by atoms with Crippen LogP contribution in [-0.4, -0.2) is 44.0 Å². The molecule has 0 aliphatic rings.